The van der Waals surface area contributed by atoms with Crippen molar-refractivity contribution in [1.29, 1.82) is 0 Å². The number of halogens is 1. The fraction of sp³-hybridized carbons (Fsp3) is 0.400. The highest BCUT2D eigenvalue weighted by Crippen LogP contribution is 2.08. The largest absolute Gasteiger partial charge is 0.313 e. The molecule has 0 aliphatic carbocycles. The van der Waals surface area contributed by atoms with Crippen molar-refractivity contribution in [2.24, 2.45) is 0 Å². The molecule has 0 spiro atoms. The van der Waals surface area contributed by atoms with Crippen molar-refractivity contribution in [3.63, 3.8) is 0 Å². The first-order chi connectivity index (χ1) is 6.33. The lowest BCUT2D eigenvalue weighted by atomic mass is 10.3. The van der Waals surface area contributed by atoms with Gasteiger partial charge in [-0.3, -0.25) is 0 Å². The zero-order chi connectivity index (χ0) is 9.52. The minimum atomic E-state index is 0.884. The molecule has 1 rings (SSSR count). The van der Waals surface area contributed by atoms with Gasteiger partial charge >= 0.3 is 0 Å². The summed E-state index contributed by atoms with van der Waals surface area (Å²) < 4.78 is 0. The number of hydrogen-bond acceptors (Lipinski definition) is 2. The third kappa shape index (κ3) is 4.46. The summed E-state index contributed by atoms with van der Waals surface area (Å²) in [5, 5.41) is 5.44. The van der Waals surface area contributed by atoms with Gasteiger partial charge in [-0.1, -0.05) is 17.7 Å². The Morgan fingerprint density at radius 1 is 1.69 bits per heavy atom. The van der Waals surface area contributed by atoms with Crippen LogP contribution in [0.15, 0.2) is 28.6 Å². The lowest BCUT2D eigenvalue weighted by molar-refractivity contribution is 0.733. The van der Waals surface area contributed by atoms with E-state index in [4.69, 9.17) is 11.6 Å². The highest BCUT2D eigenvalue weighted by atomic mass is 35.5. The lowest BCUT2D eigenvalue weighted by Gasteiger charge is -2.02. The van der Waals surface area contributed by atoms with Gasteiger partial charge in [0, 0.05) is 23.5 Å². The van der Waals surface area contributed by atoms with E-state index in [-0.39, 0.29) is 0 Å². The summed E-state index contributed by atoms with van der Waals surface area (Å²) in [6.45, 7) is 3.92. The van der Waals surface area contributed by atoms with Crippen LogP contribution in [0.2, 0.25) is 0 Å². The van der Waals surface area contributed by atoms with Gasteiger partial charge in [0.15, 0.2) is 0 Å². The van der Waals surface area contributed by atoms with Gasteiger partial charge in [0.2, 0.25) is 0 Å². The summed E-state index contributed by atoms with van der Waals surface area (Å²) in [6, 6.07) is 4.25. The lowest BCUT2D eigenvalue weighted by Crippen LogP contribution is -2.18. The maximum Gasteiger partial charge on any atom is 0.0173 e. The monoisotopic (exact) mass is 215 g/mol. The molecule has 0 aliphatic heterocycles. The van der Waals surface area contributed by atoms with Crippen LogP contribution in [0, 0.1) is 0 Å². The summed E-state index contributed by atoms with van der Waals surface area (Å²) in [5.74, 6) is 0. The van der Waals surface area contributed by atoms with Gasteiger partial charge < -0.3 is 5.32 Å². The molecule has 0 aromatic carbocycles. The standard InChI is InChI=1S/C10H14ClNS/c1-9(7-11)8-12-5-4-10-3-2-6-13-10/h2-3,6-7,12H,4-5,8H2,1H3/b9-7-. The first kappa shape index (κ1) is 10.8. The fourth-order valence-electron chi connectivity index (χ4n) is 0.991. The highest BCUT2D eigenvalue weighted by Gasteiger charge is 1.93. The molecule has 13 heavy (non-hydrogen) atoms. The average molecular weight is 216 g/mol. The van der Waals surface area contributed by atoms with Crippen molar-refractivity contribution in [3.8, 4) is 0 Å². The molecule has 0 fully saturated rings. The Balaban J connectivity index is 2.08. The first-order valence-electron chi connectivity index (χ1n) is 4.32. The second-order valence-electron chi connectivity index (χ2n) is 2.96. The van der Waals surface area contributed by atoms with E-state index in [0.717, 1.165) is 19.5 Å². The fourth-order valence-corrected chi connectivity index (χ4v) is 1.78. The van der Waals surface area contributed by atoms with E-state index in [1.165, 1.54) is 10.5 Å². The predicted octanol–water partition coefficient (Wildman–Crippen LogP) is 3.02. The maximum absolute atomic E-state index is 5.53. The van der Waals surface area contributed by atoms with Crippen molar-refractivity contribution < 1.29 is 0 Å². The van der Waals surface area contributed by atoms with Crippen molar-refractivity contribution in [1.82, 2.24) is 5.32 Å². The Morgan fingerprint density at radius 3 is 3.15 bits per heavy atom. The molecule has 72 valence electrons. The van der Waals surface area contributed by atoms with Gasteiger partial charge in [0.05, 0.1) is 0 Å². The minimum Gasteiger partial charge on any atom is -0.313 e. The summed E-state index contributed by atoms with van der Waals surface area (Å²) >= 11 is 7.34. The molecule has 0 atom stereocenters. The highest BCUT2D eigenvalue weighted by molar-refractivity contribution is 7.09. The van der Waals surface area contributed by atoms with Crippen LogP contribution >= 0.6 is 22.9 Å². The van der Waals surface area contributed by atoms with E-state index >= 15 is 0 Å². The van der Waals surface area contributed by atoms with E-state index in [1.54, 1.807) is 16.9 Å². The van der Waals surface area contributed by atoms with Crippen molar-refractivity contribution in [3.05, 3.63) is 33.5 Å². The first-order valence-corrected chi connectivity index (χ1v) is 5.63. The molecule has 0 amide bonds. The van der Waals surface area contributed by atoms with E-state index in [0.29, 0.717) is 0 Å². The summed E-state index contributed by atoms with van der Waals surface area (Å²) in [6.07, 6.45) is 1.10. The maximum atomic E-state index is 5.53. The van der Waals surface area contributed by atoms with E-state index in [9.17, 15) is 0 Å². The molecule has 0 saturated carbocycles. The third-order valence-electron chi connectivity index (χ3n) is 1.72. The molecular weight excluding hydrogens is 202 g/mol. The van der Waals surface area contributed by atoms with Crippen LogP contribution in [0.3, 0.4) is 0 Å². The molecule has 0 unspecified atom stereocenters. The normalized spacial score (nSPS) is 12.0. The molecule has 0 aliphatic rings. The van der Waals surface area contributed by atoms with Gasteiger partial charge in [-0.15, -0.1) is 11.3 Å². The van der Waals surface area contributed by atoms with Crippen LogP contribution in [0.25, 0.3) is 0 Å². The molecule has 1 aromatic rings. The Kier molecular flexibility index (Phi) is 5.13. The van der Waals surface area contributed by atoms with E-state index in [2.05, 4.69) is 22.8 Å². The van der Waals surface area contributed by atoms with E-state index < -0.39 is 0 Å². The Hall–Kier alpha value is -0.310. The number of rotatable bonds is 5. The average Bonchev–Trinajstić information content (AvgIpc) is 2.64. The molecular formula is C10H14ClNS. The second-order valence-corrected chi connectivity index (χ2v) is 4.21. The Labute approximate surface area is 88.4 Å². The van der Waals surface area contributed by atoms with Gasteiger partial charge in [0.25, 0.3) is 0 Å². The molecule has 1 heterocycles. The zero-order valence-corrected chi connectivity index (χ0v) is 9.29. The SMILES string of the molecule is C/C(=C/Cl)CNCCc1cccs1. The van der Waals surface area contributed by atoms with Crippen molar-refractivity contribution in [2.75, 3.05) is 13.1 Å². The van der Waals surface area contributed by atoms with Crippen LogP contribution in [-0.2, 0) is 6.42 Å². The molecule has 0 saturated heterocycles. The molecule has 1 aromatic heterocycles. The quantitative estimate of drug-likeness (QED) is 0.745. The summed E-state index contributed by atoms with van der Waals surface area (Å²) in [4.78, 5) is 1.43. The van der Waals surface area contributed by atoms with Gasteiger partial charge in [-0.2, -0.15) is 0 Å². The molecule has 1 nitrogen and oxygen atoms in total. The van der Waals surface area contributed by atoms with Crippen molar-refractivity contribution in [2.45, 2.75) is 13.3 Å². The Morgan fingerprint density at radius 2 is 2.54 bits per heavy atom. The predicted molar refractivity (Wildman–Crippen MR) is 60.5 cm³/mol. The minimum absolute atomic E-state index is 0.884. The van der Waals surface area contributed by atoms with Gasteiger partial charge in [-0.25, -0.2) is 0 Å². The number of nitrogens with one attached hydrogen (secondary N) is 1. The smallest absolute Gasteiger partial charge is 0.0173 e. The van der Waals surface area contributed by atoms with Crippen LogP contribution < -0.4 is 5.32 Å². The molecule has 0 radical (unpaired) electrons. The summed E-state index contributed by atoms with van der Waals surface area (Å²) in [5.41, 5.74) is 2.80. The zero-order valence-electron chi connectivity index (χ0n) is 7.72. The topological polar surface area (TPSA) is 12.0 Å². The Bertz CT molecular complexity index is 254. The third-order valence-corrected chi connectivity index (χ3v) is 3.03. The molecule has 3 heteroatoms. The van der Waals surface area contributed by atoms with Crippen molar-refractivity contribution >= 4 is 22.9 Å². The van der Waals surface area contributed by atoms with Gasteiger partial charge in [-0.05, 0) is 30.4 Å². The van der Waals surface area contributed by atoms with Crippen LogP contribution in [-0.4, -0.2) is 13.1 Å². The summed E-state index contributed by atoms with van der Waals surface area (Å²) in [7, 11) is 0. The van der Waals surface area contributed by atoms with Gasteiger partial charge in [0.1, 0.15) is 0 Å². The van der Waals surface area contributed by atoms with Crippen LogP contribution in [0.4, 0.5) is 0 Å². The van der Waals surface area contributed by atoms with Crippen LogP contribution in [0.1, 0.15) is 11.8 Å². The molecule has 1 N–H and O–H groups in total. The number of hydrogen-bond donors (Lipinski definition) is 1. The molecule has 0 bridgehead atoms. The van der Waals surface area contributed by atoms with E-state index in [1.807, 2.05) is 6.92 Å². The van der Waals surface area contributed by atoms with Crippen LogP contribution in [0.5, 0.6) is 0 Å². The number of thiophene rings is 1. The second kappa shape index (κ2) is 6.19.